The van der Waals surface area contributed by atoms with Gasteiger partial charge in [-0.2, -0.15) is 0 Å². The average molecular weight is 331 g/mol. The number of hydrogen-bond donors (Lipinski definition) is 1. The van der Waals surface area contributed by atoms with E-state index in [0.717, 1.165) is 17.7 Å². The van der Waals surface area contributed by atoms with Crippen molar-refractivity contribution in [1.82, 2.24) is 0 Å². The summed E-state index contributed by atoms with van der Waals surface area (Å²) < 4.78 is 5.33. The summed E-state index contributed by atoms with van der Waals surface area (Å²) in [6, 6.07) is 24.7. The smallest absolute Gasteiger partial charge is 0.120 e. The van der Waals surface area contributed by atoms with Crippen LogP contribution in [0.25, 0.3) is 0 Å². The maximum Gasteiger partial charge on any atom is 0.120 e. The Bertz CT molecular complexity index is 876. The van der Waals surface area contributed by atoms with Crippen molar-refractivity contribution in [3.8, 4) is 11.5 Å². The summed E-state index contributed by atoms with van der Waals surface area (Å²) in [4.78, 5) is 2.37. The SMILES string of the molecule is COc1ccc(O)c(CN2c3ccccc3C[C@H]2c2ccccc2)c1. The van der Waals surface area contributed by atoms with Crippen molar-refractivity contribution in [2.24, 2.45) is 0 Å². The van der Waals surface area contributed by atoms with Crippen molar-refractivity contribution in [2.45, 2.75) is 19.0 Å². The lowest BCUT2D eigenvalue weighted by Crippen LogP contribution is -2.24. The first-order chi connectivity index (χ1) is 12.3. The van der Waals surface area contributed by atoms with Crippen LogP contribution in [-0.2, 0) is 13.0 Å². The van der Waals surface area contributed by atoms with E-state index in [1.807, 2.05) is 12.1 Å². The van der Waals surface area contributed by atoms with Crippen LogP contribution in [0, 0.1) is 0 Å². The molecule has 126 valence electrons. The second-order valence-corrected chi connectivity index (χ2v) is 6.38. The number of nitrogens with zero attached hydrogens (tertiary/aromatic N) is 1. The second-order valence-electron chi connectivity index (χ2n) is 6.38. The number of phenols is 1. The summed E-state index contributed by atoms with van der Waals surface area (Å²) in [6.07, 6.45) is 0.977. The fourth-order valence-electron chi connectivity index (χ4n) is 3.62. The van der Waals surface area contributed by atoms with E-state index in [2.05, 4.69) is 53.4 Å². The van der Waals surface area contributed by atoms with Gasteiger partial charge in [0.2, 0.25) is 0 Å². The Morgan fingerprint density at radius 2 is 1.76 bits per heavy atom. The van der Waals surface area contributed by atoms with Gasteiger partial charge in [0, 0.05) is 17.8 Å². The summed E-state index contributed by atoms with van der Waals surface area (Å²) >= 11 is 0. The van der Waals surface area contributed by atoms with Gasteiger partial charge in [-0.3, -0.25) is 0 Å². The van der Waals surface area contributed by atoms with Crippen LogP contribution in [0.1, 0.15) is 22.7 Å². The fourth-order valence-corrected chi connectivity index (χ4v) is 3.62. The summed E-state index contributed by atoms with van der Waals surface area (Å²) in [5.41, 5.74) is 4.75. The Hall–Kier alpha value is -2.94. The summed E-state index contributed by atoms with van der Waals surface area (Å²) in [5.74, 6) is 1.06. The third kappa shape index (κ3) is 2.93. The van der Waals surface area contributed by atoms with Crippen LogP contribution in [0.4, 0.5) is 5.69 Å². The van der Waals surface area contributed by atoms with Crippen LogP contribution in [0.15, 0.2) is 72.8 Å². The molecule has 0 amide bonds. The minimum absolute atomic E-state index is 0.268. The molecule has 1 atom stereocenters. The number of ether oxygens (including phenoxy) is 1. The molecule has 0 unspecified atom stereocenters. The highest BCUT2D eigenvalue weighted by atomic mass is 16.5. The maximum atomic E-state index is 10.3. The number of anilines is 1. The summed E-state index contributed by atoms with van der Waals surface area (Å²) in [7, 11) is 1.65. The minimum Gasteiger partial charge on any atom is -0.508 e. The van der Waals surface area contributed by atoms with Crippen LogP contribution in [-0.4, -0.2) is 12.2 Å². The Kier molecular flexibility index (Phi) is 4.06. The van der Waals surface area contributed by atoms with Crippen molar-refractivity contribution < 1.29 is 9.84 Å². The fraction of sp³-hybridized carbons (Fsp3) is 0.182. The van der Waals surface area contributed by atoms with Crippen LogP contribution < -0.4 is 9.64 Å². The first kappa shape index (κ1) is 15.6. The molecule has 0 radical (unpaired) electrons. The Balaban J connectivity index is 1.74. The first-order valence-electron chi connectivity index (χ1n) is 8.51. The molecule has 0 saturated heterocycles. The van der Waals surface area contributed by atoms with Gasteiger partial charge in [-0.05, 0) is 41.8 Å². The Morgan fingerprint density at radius 1 is 1.00 bits per heavy atom. The monoisotopic (exact) mass is 331 g/mol. The lowest BCUT2D eigenvalue weighted by atomic mass is 10.0. The van der Waals surface area contributed by atoms with Crippen LogP contribution in [0.2, 0.25) is 0 Å². The first-order valence-corrected chi connectivity index (χ1v) is 8.51. The molecule has 1 aliphatic heterocycles. The van der Waals surface area contributed by atoms with Crippen LogP contribution in [0.5, 0.6) is 11.5 Å². The molecule has 3 nitrogen and oxygen atoms in total. The molecule has 3 heteroatoms. The lowest BCUT2D eigenvalue weighted by molar-refractivity contribution is 0.410. The molecule has 0 aromatic heterocycles. The highest BCUT2D eigenvalue weighted by Crippen LogP contribution is 2.42. The third-order valence-corrected chi connectivity index (χ3v) is 4.90. The van der Waals surface area contributed by atoms with Crippen molar-refractivity contribution >= 4 is 5.69 Å². The predicted octanol–water partition coefficient (Wildman–Crippen LogP) is 4.70. The number of hydrogen-bond acceptors (Lipinski definition) is 3. The van der Waals surface area contributed by atoms with E-state index < -0.39 is 0 Å². The number of para-hydroxylation sites is 1. The van der Waals surface area contributed by atoms with E-state index in [1.165, 1.54) is 16.8 Å². The molecule has 25 heavy (non-hydrogen) atoms. The molecular formula is C22H21NO2. The maximum absolute atomic E-state index is 10.3. The van der Waals surface area contributed by atoms with Gasteiger partial charge in [-0.25, -0.2) is 0 Å². The van der Waals surface area contributed by atoms with Crippen LogP contribution in [0.3, 0.4) is 0 Å². The number of rotatable bonds is 4. The van der Waals surface area contributed by atoms with Gasteiger partial charge in [0.15, 0.2) is 0 Å². The second kappa shape index (κ2) is 6.52. The molecule has 0 saturated carbocycles. The van der Waals surface area contributed by atoms with Gasteiger partial charge in [0.25, 0.3) is 0 Å². The number of aromatic hydroxyl groups is 1. The van der Waals surface area contributed by atoms with Gasteiger partial charge < -0.3 is 14.7 Å². The zero-order chi connectivity index (χ0) is 17.2. The quantitative estimate of drug-likeness (QED) is 0.752. The average Bonchev–Trinajstić information content (AvgIpc) is 3.03. The third-order valence-electron chi connectivity index (χ3n) is 4.90. The number of benzene rings is 3. The van der Waals surface area contributed by atoms with Gasteiger partial charge in [0.1, 0.15) is 11.5 Å². The highest BCUT2D eigenvalue weighted by molar-refractivity contribution is 5.61. The van der Waals surface area contributed by atoms with Gasteiger partial charge in [-0.1, -0.05) is 48.5 Å². The molecule has 0 aliphatic carbocycles. The Labute approximate surface area is 148 Å². The molecule has 4 rings (SSSR count). The van der Waals surface area contributed by atoms with E-state index in [-0.39, 0.29) is 6.04 Å². The van der Waals surface area contributed by atoms with Crippen molar-refractivity contribution in [3.05, 3.63) is 89.5 Å². The molecule has 1 aliphatic rings. The zero-order valence-corrected chi connectivity index (χ0v) is 14.2. The van der Waals surface area contributed by atoms with E-state index in [9.17, 15) is 5.11 Å². The largest absolute Gasteiger partial charge is 0.508 e. The Morgan fingerprint density at radius 3 is 2.56 bits per heavy atom. The minimum atomic E-state index is 0.268. The van der Waals surface area contributed by atoms with Crippen molar-refractivity contribution in [2.75, 3.05) is 12.0 Å². The number of phenolic OH excluding ortho intramolecular Hbond substituents is 1. The standard InChI is InChI=1S/C22H21NO2/c1-25-19-11-12-22(24)18(13-19)15-23-20-10-6-5-9-17(20)14-21(23)16-7-3-2-4-8-16/h2-13,21,24H,14-15H2,1H3/t21-/m0/s1. The molecule has 0 spiro atoms. The normalized spacial score (nSPS) is 15.9. The van der Waals surface area contributed by atoms with Gasteiger partial charge >= 0.3 is 0 Å². The molecule has 3 aromatic carbocycles. The molecule has 3 aromatic rings. The van der Waals surface area contributed by atoms with Crippen molar-refractivity contribution in [3.63, 3.8) is 0 Å². The molecule has 0 fully saturated rings. The van der Waals surface area contributed by atoms with Crippen molar-refractivity contribution in [1.29, 1.82) is 0 Å². The summed E-state index contributed by atoms with van der Waals surface area (Å²) in [5, 5.41) is 10.3. The number of methoxy groups -OCH3 is 1. The predicted molar refractivity (Wildman–Crippen MR) is 100 cm³/mol. The van der Waals surface area contributed by atoms with Crippen LogP contribution >= 0.6 is 0 Å². The lowest BCUT2D eigenvalue weighted by Gasteiger charge is -2.28. The molecule has 1 heterocycles. The zero-order valence-electron chi connectivity index (χ0n) is 14.2. The molecular weight excluding hydrogens is 310 g/mol. The van der Waals surface area contributed by atoms with Gasteiger partial charge in [-0.15, -0.1) is 0 Å². The van der Waals surface area contributed by atoms with Gasteiger partial charge in [0.05, 0.1) is 13.2 Å². The summed E-state index contributed by atoms with van der Waals surface area (Å²) in [6.45, 7) is 0.638. The highest BCUT2D eigenvalue weighted by Gasteiger charge is 2.30. The molecule has 0 bridgehead atoms. The van der Waals surface area contributed by atoms with E-state index in [0.29, 0.717) is 12.3 Å². The number of fused-ring (bicyclic) bond motifs is 1. The molecule has 1 N–H and O–H groups in total. The van der Waals surface area contributed by atoms with E-state index in [4.69, 9.17) is 4.74 Å². The topological polar surface area (TPSA) is 32.7 Å². The van der Waals surface area contributed by atoms with E-state index in [1.54, 1.807) is 19.2 Å². The van der Waals surface area contributed by atoms with E-state index >= 15 is 0 Å².